The maximum absolute atomic E-state index is 11.1. The van der Waals surface area contributed by atoms with Crippen molar-refractivity contribution in [1.29, 1.82) is 0 Å². The fourth-order valence-electron chi connectivity index (χ4n) is 3.07. The van der Waals surface area contributed by atoms with E-state index in [2.05, 4.69) is 31.8 Å². The molecule has 0 spiro atoms. The molecule has 1 aromatic carbocycles. The summed E-state index contributed by atoms with van der Waals surface area (Å²) in [5.41, 5.74) is 2.26. The Hall–Kier alpha value is -1.84. The molecule has 0 fully saturated rings. The van der Waals surface area contributed by atoms with Crippen LogP contribution < -0.4 is 5.32 Å². The molecule has 1 aliphatic rings. The van der Waals surface area contributed by atoms with Gasteiger partial charge in [0.1, 0.15) is 11.4 Å². The number of likely N-dealkylation sites (N-methyl/N-ethyl adjacent to an activating group) is 1. The van der Waals surface area contributed by atoms with Crippen LogP contribution >= 0.6 is 0 Å². The van der Waals surface area contributed by atoms with Crippen molar-refractivity contribution in [1.82, 2.24) is 5.32 Å². The number of rotatable bonds is 6. The second kappa shape index (κ2) is 10.2. The summed E-state index contributed by atoms with van der Waals surface area (Å²) in [7, 11) is 1.84. The molecule has 0 saturated carbocycles. The predicted octanol–water partition coefficient (Wildman–Crippen LogP) is 4.70. The maximum Gasteiger partial charge on any atom is 0.154 e. The molecule has 0 aliphatic heterocycles. The van der Waals surface area contributed by atoms with Gasteiger partial charge in [0, 0.05) is 13.0 Å². The van der Waals surface area contributed by atoms with Crippen LogP contribution in [-0.4, -0.2) is 24.3 Å². The minimum atomic E-state index is -0.943. The van der Waals surface area contributed by atoms with Crippen LogP contribution in [0.2, 0.25) is 0 Å². The molecule has 1 aromatic rings. The first kappa shape index (κ1) is 21.2. The van der Waals surface area contributed by atoms with Crippen LogP contribution in [0.3, 0.4) is 0 Å². The molecule has 0 saturated heterocycles. The molecule has 2 atom stereocenters. The van der Waals surface area contributed by atoms with Gasteiger partial charge in [0.15, 0.2) is 6.10 Å². The Kier molecular flexibility index (Phi) is 8.67. The van der Waals surface area contributed by atoms with Gasteiger partial charge in [-0.15, -0.1) is 0 Å². The van der Waals surface area contributed by atoms with Crippen molar-refractivity contribution >= 4 is 0 Å². The minimum Gasteiger partial charge on any atom is -0.483 e. The lowest BCUT2D eigenvalue weighted by Gasteiger charge is -2.31. The molecule has 0 bridgehead atoms. The zero-order chi connectivity index (χ0) is 18.9. The summed E-state index contributed by atoms with van der Waals surface area (Å²) in [5.74, 6) is 0.774. The van der Waals surface area contributed by atoms with Gasteiger partial charge >= 0.3 is 0 Å². The van der Waals surface area contributed by atoms with Crippen LogP contribution in [0.4, 0.5) is 0 Å². The van der Waals surface area contributed by atoms with E-state index in [0.717, 1.165) is 22.5 Å². The van der Waals surface area contributed by atoms with Gasteiger partial charge in [-0.2, -0.15) is 0 Å². The average Bonchev–Trinajstić information content (AvgIpc) is 2.85. The molecule has 0 radical (unpaired) electrons. The van der Waals surface area contributed by atoms with Crippen molar-refractivity contribution in [2.45, 2.75) is 52.2 Å². The van der Waals surface area contributed by atoms with Gasteiger partial charge in [-0.1, -0.05) is 63.3 Å². The lowest BCUT2D eigenvalue weighted by atomic mass is 9.97. The van der Waals surface area contributed by atoms with Crippen molar-refractivity contribution in [3.63, 3.8) is 0 Å². The topological polar surface area (TPSA) is 41.5 Å². The quantitative estimate of drug-likeness (QED) is 0.581. The summed E-state index contributed by atoms with van der Waals surface area (Å²) in [6.07, 6.45) is 7.04. The molecule has 3 nitrogen and oxygen atoms in total. The minimum absolute atomic E-state index is 0.379. The number of aliphatic hydroxyl groups is 1. The zero-order valence-electron chi connectivity index (χ0n) is 16.3. The molecular formula is C22H33NO2. The number of hydrogen-bond acceptors (Lipinski definition) is 3. The van der Waals surface area contributed by atoms with Gasteiger partial charge in [-0.25, -0.2) is 0 Å². The van der Waals surface area contributed by atoms with Crippen LogP contribution in [0.1, 0.15) is 51.3 Å². The van der Waals surface area contributed by atoms with E-state index in [0.29, 0.717) is 13.0 Å². The molecule has 0 amide bonds. The van der Waals surface area contributed by atoms with Crippen molar-refractivity contribution in [3.05, 3.63) is 71.5 Å². The molecule has 0 unspecified atom stereocenters. The van der Waals surface area contributed by atoms with Crippen LogP contribution in [0.25, 0.3) is 0 Å². The first-order valence-corrected chi connectivity index (χ1v) is 9.04. The largest absolute Gasteiger partial charge is 0.483 e. The molecule has 25 heavy (non-hydrogen) atoms. The van der Waals surface area contributed by atoms with Crippen molar-refractivity contribution in [2.75, 3.05) is 13.6 Å². The standard InChI is InChI=1S/C19H25NO2.C3H8/c1-5-9-14(3)17(6-2)22-18-16-11-8-7-10-15(16)12-19(18,21)13-20-4;1-3-2/h5-11,18,20-21H,1,12-13H2,2-4H3;3H2,1-2H3/b14-9-,17-6+;/t18-,19+;/m0./s1. The Labute approximate surface area is 153 Å². The normalized spacial score (nSPS) is 22.7. The van der Waals surface area contributed by atoms with Gasteiger partial charge in [-0.3, -0.25) is 0 Å². The molecule has 0 aromatic heterocycles. The predicted molar refractivity (Wildman–Crippen MR) is 107 cm³/mol. The highest BCUT2D eigenvalue weighted by atomic mass is 16.5. The van der Waals surface area contributed by atoms with E-state index in [1.165, 1.54) is 6.42 Å². The van der Waals surface area contributed by atoms with E-state index in [1.807, 2.05) is 51.2 Å². The summed E-state index contributed by atoms with van der Waals surface area (Å²) in [4.78, 5) is 0. The summed E-state index contributed by atoms with van der Waals surface area (Å²) in [6, 6.07) is 8.08. The van der Waals surface area contributed by atoms with Gasteiger partial charge in [-0.05, 0) is 43.7 Å². The Morgan fingerprint density at radius 2 is 2.04 bits per heavy atom. The van der Waals surface area contributed by atoms with E-state index in [-0.39, 0.29) is 6.10 Å². The Morgan fingerprint density at radius 3 is 2.60 bits per heavy atom. The summed E-state index contributed by atoms with van der Waals surface area (Å²) >= 11 is 0. The first-order valence-electron chi connectivity index (χ1n) is 9.04. The van der Waals surface area contributed by atoms with E-state index in [1.54, 1.807) is 6.08 Å². The van der Waals surface area contributed by atoms with E-state index in [9.17, 15) is 5.11 Å². The third-order valence-corrected chi connectivity index (χ3v) is 4.07. The molecule has 3 heteroatoms. The summed E-state index contributed by atoms with van der Waals surface area (Å²) in [6.45, 7) is 12.4. The third-order valence-electron chi connectivity index (χ3n) is 4.07. The van der Waals surface area contributed by atoms with Crippen LogP contribution in [0.15, 0.2) is 60.4 Å². The Bertz CT molecular complexity index is 618. The van der Waals surface area contributed by atoms with Crippen LogP contribution in [0.5, 0.6) is 0 Å². The van der Waals surface area contributed by atoms with Crippen LogP contribution in [-0.2, 0) is 11.2 Å². The SMILES string of the molecule is C=C/C=C(C)\C(=C/C)O[C@H]1c2ccccc2C[C@@]1(O)CNC.CCC. The van der Waals surface area contributed by atoms with E-state index in [4.69, 9.17) is 4.74 Å². The first-order chi connectivity index (χ1) is 12.0. The van der Waals surface area contributed by atoms with Gasteiger partial charge in [0.2, 0.25) is 0 Å². The molecule has 0 heterocycles. The lowest BCUT2D eigenvalue weighted by Crippen LogP contribution is -2.44. The highest BCUT2D eigenvalue weighted by molar-refractivity contribution is 5.39. The van der Waals surface area contributed by atoms with Crippen molar-refractivity contribution in [2.24, 2.45) is 0 Å². The fourth-order valence-corrected chi connectivity index (χ4v) is 3.07. The number of hydrogen-bond donors (Lipinski definition) is 2. The van der Waals surface area contributed by atoms with E-state index < -0.39 is 5.60 Å². The number of nitrogens with one attached hydrogen (secondary N) is 1. The number of fused-ring (bicyclic) bond motifs is 1. The van der Waals surface area contributed by atoms with Crippen molar-refractivity contribution < 1.29 is 9.84 Å². The van der Waals surface area contributed by atoms with Gasteiger partial charge < -0.3 is 15.2 Å². The smallest absolute Gasteiger partial charge is 0.154 e. The van der Waals surface area contributed by atoms with E-state index >= 15 is 0 Å². The molecule has 2 N–H and O–H groups in total. The second-order valence-corrected chi connectivity index (χ2v) is 6.45. The molecule has 1 aliphatic carbocycles. The second-order valence-electron chi connectivity index (χ2n) is 6.45. The molecule has 138 valence electrons. The highest BCUT2D eigenvalue weighted by Crippen LogP contribution is 2.43. The Morgan fingerprint density at radius 1 is 1.40 bits per heavy atom. The monoisotopic (exact) mass is 343 g/mol. The maximum atomic E-state index is 11.1. The summed E-state index contributed by atoms with van der Waals surface area (Å²) < 4.78 is 6.22. The lowest BCUT2D eigenvalue weighted by molar-refractivity contribution is -0.0741. The molecule has 2 rings (SSSR count). The average molecular weight is 344 g/mol. The van der Waals surface area contributed by atoms with Gasteiger partial charge in [0.25, 0.3) is 0 Å². The zero-order valence-corrected chi connectivity index (χ0v) is 16.3. The Balaban J connectivity index is 0.000000970. The van der Waals surface area contributed by atoms with Crippen molar-refractivity contribution in [3.8, 4) is 0 Å². The van der Waals surface area contributed by atoms with Crippen LogP contribution in [0, 0.1) is 0 Å². The fraction of sp³-hybridized carbons (Fsp3) is 0.455. The highest BCUT2D eigenvalue weighted by Gasteiger charge is 2.46. The molecular weight excluding hydrogens is 310 g/mol. The summed E-state index contributed by atoms with van der Waals surface area (Å²) in [5, 5.41) is 14.2. The number of allylic oxidation sites excluding steroid dienone is 4. The third kappa shape index (κ3) is 5.32. The number of benzene rings is 1. The number of ether oxygens (including phenoxy) is 1. The van der Waals surface area contributed by atoms with Gasteiger partial charge in [0.05, 0.1) is 0 Å².